The van der Waals surface area contributed by atoms with E-state index in [2.05, 4.69) is 10.1 Å². The van der Waals surface area contributed by atoms with E-state index in [4.69, 9.17) is 14.2 Å². The molecule has 2 heterocycles. The van der Waals surface area contributed by atoms with Crippen LogP contribution in [-0.4, -0.2) is 63.0 Å². The number of hydrogen-bond donors (Lipinski definition) is 1. The fraction of sp³-hybridized carbons (Fsp3) is 0.679. The number of halogens is 2. The van der Waals surface area contributed by atoms with Gasteiger partial charge in [0.1, 0.15) is 18.0 Å². The molecule has 216 valence electrons. The van der Waals surface area contributed by atoms with Crippen molar-refractivity contribution in [2.75, 3.05) is 20.8 Å². The van der Waals surface area contributed by atoms with Crippen molar-refractivity contribution in [2.24, 2.45) is 17.9 Å². The summed E-state index contributed by atoms with van der Waals surface area (Å²) in [6.45, 7) is 7.67. The van der Waals surface area contributed by atoms with Crippen molar-refractivity contribution in [1.82, 2.24) is 19.7 Å². The summed E-state index contributed by atoms with van der Waals surface area (Å²) in [6, 6.07) is 4.43. The normalized spacial score (nSPS) is 22.0. The fourth-order valence-corrected chi connectivity index (χ4v) is 6.71. The highest BCUT2D eigenvalue weighted by Crippen LogP contribution is 2.55. The van der Waals surface area contributed by atoms with Crippen LogP contribution in [0.25, 0.3) is 0 Å². The van der Waals surface area contributed by atoms with Crippen LogP contribution < -0.4 is 14.2 Å². The molecule has 1 aromatic heterocycles. The Bertz CT molecular complexity index is 1200. The Morgan fingerprint density at radius 2 is 1.74 bits per heavy atom. The summed E-state index contributed by atoms with van der Waals surface area (Å²) in [5.74, 6) is -2.95. The zero-order valence-corrected chi connectivity index (χ0v) is 23.9. The number of carbonyl (C=O) groups is 1. The van der Waals surface area contributed by atoms with Gasteiger partial charge in [0.25, 0.3) is 5.91 Å². The Balaban J connectivity index is 1.52. The highest BCUT2D eigenvalue weighted by Gasteiger charge is 2.65. The Labute approximate surface area is 228 Å². The predicted octanol–water partition coefficient (Wildman–Crippen LogP) is 4.68. The Morgan fingerprint density at radius 3 is 2.36 bits per heavy atom. The van der Waals surface area contributed by atoms with Crippen molar-refractivity contribution in [3.05, 3.63) is 29.8 Å². The number of carbonyl (C=O) groups excluding carboxylic acids is 1. The molecule has 1 aliphatic heterocycles. The molecule has 2 aliphatic rings. The summed E-state index contributed by atoms with van der Waals surface area (Å²) in [4.78, 5) is 19.1. The van der Waals surface area contributed by atoms with Crippen molar-refractivity contribution in [2.45, 2.75) is 84.0 Å². The summed E-state index contributed by atoms with van der Waals surface area (Å²) >= 11 is 0. The number of methoxy groups -OCH3 is 2. The third kappa shape index (κ3) is 5.69. The SMILES string of the molecule is COc1ccc(OCc2nc([C@@H]3CCCN3C(=O)C(F)(F)C3(O)CC(C)(C)CC(C)(C)C3)nn2C)cc1OC. The summed E-state index contributed by atoms with van der Waals surface area (Å²) < 4.78 is 49.7. The number of aliphatic hydroxyl groups is 1. The van der Waals surface area contributed by atoms with E-state index in [0.29, 0.717) is 42.3 Å². The number of benzene rings is 1. The third-order valence-corrected chi connectivity index (χ3v) is 7.76. The predicted molar refractivity (Wildman–Crippen MR) is 140 cm³/mol. The van der Waals surface area contributed by atoms with Gasteiger partial charge in [0.05, 0.1) is 20.3 Å². The first kappa shape index (κ1) is 29.0. The fourth-order valence-electron chi connectivity index (χ4n) is 6.71. The number of rotatable bonds is 8. The largest absolute Gasteiger partial charge is 0.493 e. The van der Waals surface area contributed by atoms with Crippen molar-refractivity contribution in [3.63, 3.8) is 0 Å². The molecule has 1 saturated heterocycles. The van der Waals surface area contributed by atoms with Crippen molar-refractivity contribution in [1.29, 1.82) is 0 Å². The van der Waals surface area contributed by atoms with E-state index in [1.807, 2.05) is 27.7 Å². The Morgan fingerprint density at radius 1 is 1.10 bits per heavy atom. The van der Waals surface area contributed by atoms with E-state index in [1.54, 1.807) is 32.4 Å². The molecule has 4 rings (SSSR count). The van der Waals surface area contributed by atoms with Gasteiger partial charge in [0.15, 0.2) is 23.1 Å². The smallest absolute Gasteiger partial charge is 0.352 e. The summed E-state index contributed by atoms with van der Waals surface area (Å²) in [7, 11) is 4.77. The zero-order valence-electron chi connectivity index (χ0n) is 23.9. The number of alkyl halides is 2. The molecule has 2 fully saturated rings. The minimum atomic E-state index is -3.95. The van der Waals surface area contributed by atoms with Crippen molar-refractivity contribution in [3.8, 4) is 17.2 Å². The Kier molecular flexibility index (Phi) is 7.61. The second kappa shape index (κ2) is 10.2. The number of aryl methyl sites for hydroxylation is 1. The second-order valence-corrected chi connectivity index (χ2v) is 12.4. The average molecular weight is 551 g/mol. The van der Waals surface area contributed by atoms with E-state index >= 15 is 8.78 Å². The van der Waals surface area contributed by atoms with Crippen molar-refractivity contribution >= 4 is 5.91 Å². The molecule has 39 heavy (non-hydrogen) atoms. The van der Waals surface area contributed by atoms with Crippen LogP contribution in [0.4, 0.5) is 8.78 Å². The minimum Gasteiger partial charge on any atom is -0.493 e. The topological polar surface area (TPSA) is 98.9 Å². The molecule has 0 bridgehead atoms. The standard InChI is InChI=1S/C28H40F2N4O5/c1-25(2)15-26(3,4)17-27(36,16-25)28(29,30)24(35)34-12-8-9-19(34)23-31-22(33(5)32-23)14-39-18-10-11-20(37-6)21(13-18)38-7/h10-11,13,19,36H,8-9,12,14-17H2,1-7H3/t19-/m0/s1. The van der Waals surface area contributed by atoms with Gasteiger partial charge in [0, 0.05) is 19.7 Å². The molecule has 0 unspecified atom stereocenters. The zero-order chi connectivity index (χ0) is 28.8. The number of hydrogen-bond acceptors (Lipinski definition) is 7. The molecule has 1 N–H and O–H groups in total. The Hall–Kier alpha value is -2.95. The van der Waals surface area contributed by atoms with Gasteiger partial charge in [-0.2, -0.15) is 13.9 Å². The van der Waals surface area contributed by atoms with Gasteiger partial charge in [-0.15, -0.1) is 0 Å². The van der Waals surface area contributed by atoms with Crippen LogP contribution in [0.2, 0.25) is 0 Å². The summed E-state index contributed by atoms with van der Waals surface area (Å²) in [5, 5.41) is 15.7. The molecule has 0 radical (unpaired) electrons. The lowest BCUT2D eigenvalue weighted by Crippen LogP contribution is -2.62. The van der Waals surface area contributed by atoms with E-state index in [1.165, 1.54) is 11.8 Å². The van der Waals surface area contributed by atoms with E-state index in [0.717, 1.165) is 4.90 Å². The van der Waals surface area contributed by atoms with Gasteiger partial charge in [-0.05, 0) is 55.1 Å². The molecule has 11 heteroatoms. The average Bonchev–Trinajstić information content (AvgIpc) is 3.46. The maximum atomic E-state index is 15.9. The molecule has 2 aromatic rings. The van der Waals surface area contributed by atoms with Gasteiger partial charge < -0.3 is 24.2 Å². The number of amides is 1. The summed E-state index contributed by atoms with van der Waals surface area (Å²) in [6.07, 6.45) is 1.38. The van der Waals surface area contributed by atoms with Crippen LogP contribution in [0.1, 0.15) is 77.5 Å². The lowest BCUT2D eigenvalue weighted by molar-refractivity contribution is -0.231. The van der Waals surface area contributed by atoms with Gasteiger partial charge >= 0.3 is 5.92 Å². The van der Waals surface area contributed by atoms with Crippen LogP contribution >= 0.6 is 0 Å². The minimum absolute atomic E-state index is 0.0692. The monoisotopic (exact) mass is 550 g/mol. The number of ether oxygens (including phenoxy) is 3. The molecule has 1 saturated carbocycles. The lowest BCUT2D eigenvalue weighted by atomic mass is 9.58. The van der Waals surface area contributed by atoms with Gasteiger partial charge in [0.2, 0.25) is 0 Å². The molecular weight excluding hydrogens is 510 g/mol. The first-order valence-corrected chi connectivity index (χ1v) is 13.3. The molecular formula is C28H40F2N4O5. The molecule has 1 atom stereocenters. The van der Waals surface area contributed by atoms with Crippen LogP contribution in [0, 0.1) is 10.8 Å². The maximum absolute atomic E-state index is 15.9. The van der Waals surface area contributed by atoms with Crippen LogP contribution in [0.15, 0.2) is 18.2 Å². The van der Waals surface area contributed by atoms with Gasteiger partial charge in [-0.25, -0.2) is 9.67 Å². The van der Waals surface area contributed by atoms with Gasteiger partial charge in [-0.1, -0.05) is 27.7 Å². The van der Waals surface area contributed by atoms with E-state index in [9.17, 15) is 9.90 Å². The van der Waals surface area contributed by atoms with Gasteiger partial charge in [-0.3, -0.25) is 4.79 Å². The quantitative estimate of drug-likeness (QED) is 0.510. The first-order valence-electron chi connectivity index (χ1n) is 13.3. The highest BCUT2D eigenvalue weighted by molar-refractivity contribution is 5.85. The van der Waals surface area contributed by atoms with E-state index < -0.39 is 34.3 Å². The molecule has 0 spiro atoms. The first-order chi connectivity index (χ1) is 18.1. The molecule has 9 nitrogen and oxygen atoms in total. The van der Waals surface area contributed by atoms with Crippen LogP contribution in [0.3, 0.4) is 0 Å². The van der Waals surface area contributed by atoms with Crippen LogP contribution in [-0.2, 0) is 18.4 Å². The molecule has 1 aliphatic carbocycles. The maximum Gasteiger partial charge on any atom is 0.352 e. The number of likely N-dealkylation sites (tertiary alicyclic amines) is 1. The van der Waals surface area contributed by atoms with Crippen molar-refractivity contribution < 1.29 is 32.9 Å². The van der Waals surface area contributed by atoms with E-state index in [-0.39, 0.29) is 31.8 Å². The highest BCUT2D eigenvalue weighted by atomic mass is 19.3. The summed E-state index contributed by atoms with van der Waals surface area (Å²) in [5.41, 5.74) is -3.50. The molecule has 1 aromatic carbocycles. The number of aromatic nitrogens is 3. The number of nitrogens with zero attached hydrogens (tertiary/aromatic N) is 4. The van der Waals surface area contributed by atoms with Crippen LogP contribution in [0.5, 0.6) is 17.2 Å². The second-order valence-electron chi connectivity index (χ2n) is 12.4. The molecule has 1 amide bonds. The lowest BCUT2D eigenvalue weighted by Gasteiger charge is -2.51. The third-order valence-electron chi connectivity index (χ3n) is 7.76.